The lowest BCUT2D eigenvalue weighted by molar-refractivity contribution is -0.137. The summed E-state index contributed by atoms with van der Waals surface area (Å²) in [7, 11) is 1.31. The lowest BCUT2D eigenvalue weighted by Crippen LogP contribution is -2.76. The van der Waals surface area contributed by atoms with E-state index in [2.05, 4.69) is 5.32 Å². The van der Waals surface area contributed by atoms with Crippen LogP contribution in [-0.4, -0.2) is 46.4 Å². The maximum absolute atomic E-state index is 13.7. The Hall–Kier alpha value is -3.59. The van der Waals surface area contributed by atoms with Crippen molar-refractivity contribution in [2.24, 2.45) is 5.73 Å². The second kappa shape index (κ2) is 10.8. The molecule has 9 nitrogen and oxygen atoms in total. The number of nitrogens with two attached hydrogens (primary N) is 1. The zero-order valence-electron chi connectivity index (χ0n) is 20.5. The quantitative estimate of drug-likeness (QED) is 0.428. The molecule has 1 saturated heterocycles. The van der Waals surface area contributed by atoms with Gasteiger partial charge in [-0.25, -0.2) is 9.59 Å². The van der Waals surface area contributed by atoms with Gasteiger partial charge in [0.2, 0.25) is 0 Å². The molecule has 2 atom stereocenters. The van der Waals surface area contributed by atoms with Crippen molar-refractivity contribution in [3.05, 3.63) is 59.2 Å². The Bertz CT molecular complexity index is 1060. The number of nitrogens with one attached hydrogen (secondary N) is 1. The van der Waals surface area contributed by atoms with E-state index < -0.39 is 29.7 Å². The summed E-state index contributed by atoms with van der Waals surface area (Å²) in [5.41, 5.74) is 6.60. The fourth-order valence-electron chi connectivity index (χ4n) is 4.58. The highest BCUT2D eigenvalue weighted by Crippen LogP contribution is 2.39. The smallest absolute Gasteiger partial charge is 0.405 e. The zero-order chi connectivity index (χ0) is 25.8. The first-order valence-electron chi connectivity index (χ1n) is 12.0. The first kappa shape index (κ1) is 26.0. The summed E-state index contributed by atoms with van der Waals surface area (Å²) in [5.74, 6) is -0.625. The second-order valence-electron chi connectivity index (χ2n) is 8.89. The molecule has 188 valence electrons. The number of rotatable bonds is 9. The fourth-order valence-corrected chi connectivity index (χ4v) is 4.58. The van der Waals surface area contributed by atoms with E-state index in [1.54, 1.807) is 42.5 Å². The van der Waals surface area contributed by atoms with E-state index in [1.165, 1.54) is 11.9 Å². The average molecular weight is 483 g/mol. The lowest BCUT2D eigenvalue weighted by Gasteiger charge is -2.49. The van der Waals surface area contributed by atoms with Crippen LogP contribution in [0.3, 0.4) is 0 Å². The van der Waals surface area contributed by atoms with Crippen LogP contribution in [0.4, 0.5) is 15.3 Å². The Morgan fingerprint density at radius 3 is 2.09 bits per heavy atom. The van der Waals surface area contributed by atoms with Gasteiger partial charge < -0.3 is 21.3 Å². The van der Waals surface area contributed by atoms with Crippen LogP contribution in [0, 0.1) is 0 Å². The number of likely N-dealkylation sites (N-methyl/N-ethyl adjacent to an activating group) is 1. The summed E-state index contributed by atoms with van der Waals surface area (Å²) in [6.07, 6.45) is 1.67. The van der Waals surface area contributed by atoms with E-state index in [4.69, 9.17) is 5.73 Å². The summed E-state index contributed by atoms with van der Waals surface area (Å²) < 4.78 is 0. The number of amides is 4. The Balaban J connectivity index is 2.28. The number of urea groups is 1. The minimum atomic E-state index is -1.99. The zero-order valence-corrected chi connectivity index (χ0v) is 20.5. The first-order valence-corrected chi connectivity index (χ1v) is 12.0. The summed E-state index contributed by atoms with van der Waals surface area (Å²) in [6, 6.07) is 11.2. The van der Waals surface area contributed by atoms with Crippen molar-refractivity contribution in [1.82, 2.24) is 10.2 Å². The van der Waals surface area contributed by atoms with E-state index in [0.717, 1.165) is 30.6 Å². The summed E-state index contributed by atoms with van der Waals surface area (Å²) in [6.45, 7) is 4.07. The fraction of sp³-hybridized carbons (Fsp3) is 0.423. The number of aryl methyl sites for hydroxylation is 2. The van der Waals surface area contributed by atoms with Crippen LogP contribution in [0.15, 0.2) is 42.5 Å². The van der Waals surface area contributed by atoms with Gasteiger partial charge in [0.05, 0.1) is 0 Å². The van der Waals surface area contributed by atoms with Gasteiger partial charge in [-0.15, -0.1) is 0 Å². The predicted octanol–water partition coefficient (Wildman–Crippen LogP) is 3.92. The van der Waals surface area contributed by atoms with Crippen molar-refractivity contribution in [2.75, 3.05) is 11.9 Å². The van der Waals surface area contributed by atoms with E-state index >= 15 is 0 Å². The normalized spacial score (nSPS) is 20.3. The Morgan fingerprint density at radius 2 is 1.60 bits per heavy atom. The number of unbranched alkanes of at least 4 members (excludes halogenated alkanes) is 2. The number of para-hydroxylation sites is 1. The van der Waals surface area contributed by atoms with E-state index in [0.29, 0.717) is 35.2 Å². The predicted molar refractivity (Wildman–Crippen MR) is 133 cm³/mol. The molecule has 1 heterocycles. The molecule has 0 radical (unpaired) electrons. The summed E-state index contributed by atoms with van der Waals surface area (Å²) >= 11 is 0. The molecule has 0 saturated carbocycles. The van der Waals surface area contributed by atoms with Crippen molar-refractivity contribution in [2.45, 2.75) is 64.1 Å². The Morgan fingerprint density at radius 1 is 1.06 bits per heavy atom. The van der Waals surface area contributed by atoms with Crippen molar-refractivity contribution in [1.29, 1.82) is 0 Å². The maximum atomic E-state index is 13.7. The number of hydrogen-bond donors (Lipinski definition) is 4. The van der Waals surface area contributed by atoms with Crippen molar-refractivity contribution >= 4 is 23.7 Å². The van der Waals surface area contributed by atoms with Gasteiger partial charge in [0.15, 0.2) is 5.54 Å². The number of aromatic hydroxyl groups is 1. The third-order valence-electron chi connectivity index (χ3n) is 6.52. The number of imide groups is 1. The number of benzene rings is 2. The molecule has 1 fully saturated rings. The van der Waals surface area contributed by atoms with Gasteiger partial charge in [0.25, 0.3) is 5.91 Å². The number of phenolic OH excluding ortho intramolecular Hbond substituents is 1. The largest absolute Gasteiger partial charge is 0.507 e. The highest BCUT2D eigenvalue weighted by molar-refractivity contribution is 6.11. The van der Waals surface area contributed by atoms with Crippen LogP contribution in [0.25, 0.3) is 0 Å². The van der Waals surface area contributed by atoms with Gasteiger partial charge in [0, 0.05) is 12.7 Å². The number of carboxylic acid groups (broad SMARTS) is 1. The van der Waals surface area contributed by atoms with Gasteiger partial charge in [-0.3, -0.25) is 14.6 Å². The molecule has 3 rings (SSSR count). The molecular weight excluding hydrogens is 448 g/mol. The number of nitrogens with zero attached hydrogens (tertiary/aromatic N) is 2. The summed E-state index contributed by atoms with van der Waals surface area (Å²) in [4.78, 5) is 41.1. The SMILES string of the molecule is CCCCc1cc(C2(NC(=O)O)C(=O)N(C)C(=O)N(c3ccccc3)C2N)cc(CCCC)c1O. The molecule has 0 aromatic heterocycles. The van der Waals surface area contributed by atoms with Gasteiger partial charge >= 0.3 is 12.1 Å². The molecule has 2 unspecified atom stereocenters. The molecule has 0 spiro atoms. The van der Waals surface area contributed by atoms with Crippen LogP contribution in [-0.2, 0) is 23.2 Å². The standard InChI is InChI=1S/C26H34N4O5/c1-4-6-11-17-15-19(16-18(21(17)31)12-7-5-2)26(28-24(33)34)22(27)30(20-13-9-8-10-14-20)25(35)29(3)23(26)32/h8-10,13-16,22,28,31H,4-7,11-12,27H2,1-3H3,(H,33,34). The van der Waals surface area contributed by atoms with Crippen LogP contribution in [0.2, 0.25) is 0 Å². The molecule has 1 aliphatic rings. The van der Waals surface area contributed by atoms with Crippen molar-refractivity contribution < 1.29 is 24.6 Å². The molecule has 9 heteroatoms. The van der Waals surface area contributed by atoms with Crippen molar-refractivity contribution in [3.8, 4) is 5.75 Å². The molecule has 4 amide bonds. The third-order valence-corrected chi connectivity index (χ3v) is 6.52. The van der Waals surface area contributed by atoms with E-state index in [9.17, 15) is 24.6 Å². The molecule has 0 aliphatic carbocycles. The van der Waals surface area contributed by atoms with Gasteiger partial charge in [-0.05, 0) is 66.6 Å². The van der Waals surface area contributed by atoms with Crippen LogP contribution in [0.5, 0.6) is 5.75 Å². The third kappa shape index (κ3) is 4.81. The molecule has 2 aromatic rings. The van der Waals surface area contributed by atoms with Gasteiger partial charge in [-0.2, -0.15) is 0 Å². The minimum Gasteiger partial charge on any atom is -0.507 e. The molecule has 35 heavy (non-hydrogen) atoms. The average Bonchev–Trinajstić information content (AvgIpc) is 2.84. The molecule has 2 aromatic carbocycles. The number of carbonyl (C=O) groups is 3. The molecule has 0 bridgehead atoms. The molecule has 1 aliphatic heterocycles. The lowest BCUT2D eigenvalue weighted by atomic mass is 9.80. The molecular formula is C26H34N4O5. The van der Waals surface area contributed by atoms with Crippen LogP contribution < -0.4 is 16.0 Å². The second-order valence-corrected chi connectivity index (χ2v) is 8.89. The van der Waals surface area contributed by atoms with E-state index in [1.807, 2.05) is 13.8 Å². The Labute approximate surface area is 205 Å². The van der Waals surface area contributed by atoms with E-state index in [-0.39, 0.29) is 5.75 Å². The highest BCUT2D eigenvalue weighted by atomic mass is 16.4. The van der Waals surface area contributed by atoms with Crippen LogP contribution in [0.1, 0.15) is 56.2 Å². The number of anilines is 1. The maximum Gasteiger partial charge on any atom is 0.405 e. The highest BCUT2D eigenvalue weighted by Gasteiger charge is 2.58. The topological polar surface area (TPSA) is 136 Å². The monoisotopic (exact) mass is 482 g/mol. The van der Waals surface area contributed by atoms with Crippen molar-refractivity contribution in [3.63, 3.8) is 0 Å². The van der Waals surface area contributed by atoms with Crippen LogP contribution >= 0.6 is 0 Å². The number of phenols is 1. The minimum absolute atomic E-state index is 0.155. The number of carbonyl (C=O) groups excluding carboxylic acids is 2. The molecule has 5 N–H and O–H groups in total. The Kier molecular flexibility index (Phi) is 8.01. The van der Waals surface area contributed by atoms with Gasteiger partial charge in [-0.1, -0.05) is 44.9 Å². The summed E-state index contributed by atoms with van der Waals surface area (Å²) in [5, 5.41) is 23.2. The number of hydrogen-bond acceptors (Lipinski definition) is 5. The van der Waals surface area contributed by atoms with Gasteiger partial charge in [0.1, 0.15) is 11.9 Å². The first-order chi connectivity index (χ1) is 16.7.